The van der Waals surface area contributed by atoms with Crippen molar-refractivity contribution in [2.45, 2.75) is 19.8 Å². The van der Waals surface area contributed by atoms with Gasteiger partial charge in [-0.25, -0.2) is 0 Å². The number of carbonyl (C=O) groups excluding carboxylic acids is 2. The van der Waals surface area contributed by atoms with Gasteiger partial charge in [-0.05, 0) is 61.9 Å². The van der Waals surface area contributed by atoms with E-state index >= 15 is 0 Å². The Hall–Kier alpha value is -3.93. The molecule has 0 radical (unpaired) electrons. The molecule has 0 saturated heterocycles. The number of anilines is 2. The molecule has 1 aromatic heterocycles. The summed E-state index contributed by atoms with van der Waals surface area (Å²) in [7, 11) is 0. The predicted molar refractivity (Wildman–Crippen MR) is 142 cm³/mol. The summed E-state index contributed by atoms with van der Waals surface area (Å²) in [6.45, 7) is 3.68. The number of para-hydroxylation sites is 1. The van der Waals surface area contributed by atoms with Crippen LogP contribution in [0.5, 0.6) is 0 Å². The average molecular weight is 519 g/mol. The van der Waals surface area contributed by atoms with Gasteiger partial charge in [-0.1, -0.05) is 41.6 Å². The van der Waals surface area contributed by atoms with Crippen molar-refractivity contribution in [1.29, 1.82) is 5.26 Å². The Morgan fingerprint density at radius 2 is 1.83 bits per heavy atom. The van der Waals surface area contributed by atoms with Crippen molar-refractivity contribution >= 4 is 46.6 Å². The molecular formula is C27H23ClN4O3S. The Balaban J connectivity index is 1.58. The average Bonchev–Trinajstić information content (AvgIpc) is 3.39. The number of amides is 2. The number of carbonyl (C=O) groups is 2. The van der Waals surface area contributed by atoms with Crippen molar-refractivity contribution in [3.05, 3.63) is 105 Å². The zero-order valence-corrected chi connectivity index (χ0v) is 21.2. The number of nitrogens with zero attached hydrogens (tertiary/aromatic N) is 1. The lowest BCUT2D eigenvalue weighted by atomic mass is 9.85. The largest absolute Gasteiger partial charge is 0.468 e. The number of halogens is 1. The van der Waals surface area contributed by atoms with Crippen LogP contribution in [0.4, 0.5) is 11.4 Å². The highest BCUT2D eigenvalue weighted by Gasteiger charge is 2.36. The number of aryl methyl sites for hydroxylation is 1. The molecule has 182 valence electrons. The number of rotatable bonds is 7. The van der Waals surface area contributed by atoms with E-state index in [0.717, 1.165) is 5.56 Å². The van der Waals surface area contributed by atoms with E-state index < -0.39 is 5.92 Å². The lowest BCUT2D eigenvalue weighted by Crippen LogP contribution is -2.31. The van der Waals surface area contributed by atoms with Crippen LogP contribution >= 0.6 is 23.4 Å². The van der Waals surface area contributed by atoms with Crippen LogP contribution in [0, 0.1) is 18.3 Å². The molecule has 7 nitrogen and oxygen atoms in total. The van der Waals surface area contributed by atoms with Gasteiger partial charge in [-0.2, -0.15) is 5.26 Å². The Kier molecular flexibility index (Phi) is 7.84. The van der Waals surface area contributed by atoms with Crippen LogP contribution in [0.15, 0.2) is 93.2 Å². The molecule has 0 saturated carbocycles. The zero-order valence-electron chi connectivity index (χ0n) is 19.6. The fourth-order valence-electron chi connectivity index (χ4n) is 3.84. The second kappa shape index (κ2) is 11.2. The number of furan rings is 1. The molecule has 9 heteroatoms. The molecule has 36 heavy (non-hydrogen) atoms. The maximum absolute atomic E-state index is 13.4. The molecule has 3 aromatic rings. The monoisotopic (exact) mass is 518 g/mol. The Morgan fingerprint density at radius 1 is 1.08 bits per heavy atom. The first-order valence-electron chi connectivity index (χ1n) is 11.1. The van der Waals surface area contributed by atoms with Gasteiger partial charge in [0.05, 0.1) is 40.2 Å². The maximum Gasteiger partial charge on any atom is 0.254 e. The number of hydrogen-bond acceptors (Lipinski definition) is 6. The molecule has 0 spiro atoms. The minimum absolute atomic E-state index is 0.0546. The van der Waals surface area contributed by atoms with E-state index in [0.29, 0.717) is 44.0 Å². The number of thioether (sulfide) groups is 1. The smallest absolute Gasteiger partial charge is 0.254 e. The van der Waals surface area contributed by atoms with E-state index in [-0.39, 0.29) is 17.6 Å². The minimum atomic E-state index is -0.725. The second-order valence-electron chi connectivity index (χ2n) is 8.08. The van der Waals surface area contributed by atoms with E-state index in [1.54, 1.807) is 43.3 Å². The SMILES string of the molecule is CC1=C(C(=O)Nc2ccccc2C)C(c2ccco2)C(C#N)=C(SCC(=O)Nc2ccc(Cl)cc2)N1. The van der Waals surface area contributed by atoms with Crippen molar-refractivity contribution in [3.63, 3.8) is 0 Å². The molecule has 0 fully saturated rings. The zero-order chi connectivity index (χ0) is 25.7. The van der Waals surface area contributed by atoms with Gasteiger partial charge in [-0.15, -0.1) is 0 Å². The Labute approximate surface area is 218 Å². The maximum atomic E-state index is 13.4. The highest BCUT2D eigenvalue weighted by Crippen LogP contribution is 2.41. The normalized spacial score (nSPS) is 15.2. The van der Waals surface area contributed by atoms with Gasteiger partial charge in [0.1, 0.15) is 5.76 Å². The van der Waals surface area contributed by atoms with Crippen LogP contribution in [-0.4, -0.2) is 17.6 Å². The lowest BCUT2D eigenvalue weighted by Gasteiger charge is -2.28. The van der Waals surface area contributed by atoms with Gasteiger partial charge in [0.2, 0.25) is 5.91 Å². The third-order valence-corrected chi connectivity index (χ3v) is 6.86. The third-order valence-electron chi connectivity index (χ3n) is 5.59. The van der Waals surface area contributed by atoms with Gasteiger partial charge >= 0.3 is 0 Å². The van der Waals surface area contributed by atoms with Gasteiger partial charge in [0.15, 0.2) is 0 Å². The minimum Gasteiger partial charge on any atom is -0.468 e. The van der Waals surface area contributed by atoms with Gasteiger partial charge in [0.25, 0.3) is 5.91 Å². The molecule has 1 unspecified atom stereocenters. The molecule has 3 N–H and O–H groups in total. The number of allylic oxidation sites excluding steroid dienone is 2. The first-order valence-corrected chi connectivity index (χ1v) is 12.4. The van der Waals surface area contributed by atoms with E-state index in [2.05, 4.69) is 22.0 Å². The molecule has 4 rings (SSSR count). The van der Waals surface area contributed by atoms with Gasteiger partial charge < -0.3 is 20.4 Å². The van der Waals surface area contributed by atoms with E-state index in [1.165, 1.54) is 18.0 Å². The molecule has 1 aliphatic heterocycles. The van der Waals surface area contributed by atoms with Crippen molar-refractivity contribution in [3.8, 4) is 6.07 Å². The predicted octanol–water partition coefficient (Wildman–Crippen LogP) is 5.95. The van der Waals surface area contributed by atoms with E-state index in [1.807, 2.05) is 31.2 Å². The molecule has 2 amide bonds. The van der Waals surface area contributed by atoms with Crippen molar-refractivity contribution in [2.24, 2.45) is 0 Å². The summed E-state index contributed by atoms with van der Waals surface area (Å²) in [5.74, 6) is -0.789. The summed E-state index contributed by atoms with van der Waals surface area (Å²) < 4.78 is 5.64. The second-order valence-corrected chi connectivity index (χ2v) is 9.50. The van der Waals surface area contributed by atoms with E-state index in [9.17, 15) is 14.9 Å². The number of hydrogen-bond donors (Lipinski definition) is 3. The summed E-state index contributed by atoms with van der Waals surface area (Å²) in [5.41, 5.74) is 3.47. The molecule has 1 atom stereocenters. The van der Waals surface area contributed by atoms with Crippen LogP contribution < -0.4 is 16.0 Å². The standard InChI is InChI=1S/C27H23ClN4O3S/c1-16-6-3-4-7-21(16)32-26(34)24-17(2)30-27(20(14-29)25(24)22-8-5-13-35-22)36-15-23(33)31-19-11-9-18(28)10-12-19/h3-13,25,30H,15H2,1-2H3,(H,31,33)(H,32,34). The highest BCUT2D eigenvalue weighted by molar-refractivity contribution is 8.03. The quantitative estimate of drug-likeness (QED) is 0.357. The summed E-state index contributed by atoms with van der Waals surface area (Å²) in [6.07, 6.45) is 1.50. The fraction of sp³-hybridized carbons (Fsp3) is 0.148. The van der Waals surface area contributed by atoms with Crippen molar-refractivity contribution in [1.82, 2.24) is 5.32 Å². The first-order chi connectivity index (χ1) is 17.4. The molecule has 0 bridgehead atoms. The van der Waals surface area contributed by atoms with Crippen LogP contribution in [-0.2, 0) is 9.59 Å². The molecule has 0 aliphatic carbocycles. The first kappa shape index (κ1) is 25.2. The molecule has 2 aromatic carbocycles. The molecule has 2 heterocycles. The summed E-state index contributed by atoms with van der Waals surface area (Å²) in [4.78, 5) is 26.0. The van der Waals surface area contributed by atoms with Crippen molar-refractivity contribution in [2.75, 3.05) is 16.4 Å². The highest BCUT2D eigenvalue weighted by atomic mass is 35.5. The molecular weight excluding hydrogens is 496 g/mol. The van der Waals surface area contributed by atoms with Crippen molar-refractivity contribution < 1.29 is 14.0 Å². The van der Waals surface area contributed by atoms with E-state index in [4.69, 9.17) is 16.0 Å². The summed E-state index contributed by atoms with van der Waals surface area (Å²) >= 11 is 7.08. The Morgan fingerprint density at radius 3 is 2.50 bits per heavy atom. The summed E-state index contributed by atoms with van der Waals surface area (Å²) in [5, 5.41) is 20.1. The van der Waals surface area contributed by atoms with Gasteiger partial charge in [-0.3, -0.25) is 9.59 Å². The number of nitrogens with one attached hydrogen (secondary N) is 3. The van der Waals surface area contributed by atoms with Crippen LogP contribution in [0.1, 0.15) is 24.2 Å². The Bertz CT molecular complexity index is 1390. The lowest BCUT2D eigenvalue weighted by molar-refractivity contribution is -0.114. The number of dihydropyridines is 1. The number of benzene rings is 2. The summed E-state index contributed by atoms with van der Waals surface area (Å²) in [6, 6.07) is 19.9. The topological polar surface area (TPSA) is 107 Å². The van der Waals surface area contributed by atoms with Crippen LogP contribution in [0.25, 0.3) is 0 Å². The fourth-order valence-corrected chi connectivity index (χ4v) is 4.86. The van der Waals surface area contributed by atoms with Crippen LogP contribution in [0.3, 0.4) is 0 Å². The number of nitriles is 1. The van der Waals surface area contributed by atoms with Gasteiger partial charge in [0, 0.05) is 22.1 Å². The molecule has 1 aliphatic rings. The third kappa shape index (κ3) is 5.65. The van der Waals surface area contributed by atoms with Crippen LogP contribution in [0.2, 0.25) is 5.02 Å².